The number of benzene rings is 1. The molecule has 0 fully saturated rings. The monoisotopic (exact) mass is 363 g/mol. The van der Waals surface area contributed by atoms with Crippen molar-refractivity contribution in [3.05, 3.63) is 60.0 Å². The smallest absolute Gasteiger partial charge is 0.274 e. The van der Waals surface area contributed by atoms with Crippen molar-refractivity contribution < 1.29 is 4.79 Å². The number of aromatic nitrogens is 4. The normalized spacial score (nSPS) is 11.0. The van der Waals surface area contributed by atoms with Crippen molar-refractivity contribution in [1.29, 1.82) is 0 Å². The van der Waals surface area contributed by atoms with E-state index in [2.05, 4.69) is 53.5 Å². The lowest BCUT2D eigenvalue weighted by Crippen LogP contribution is -2.26. The summed E-state index contributed by atoms with van der Waals surface area (Å²) in [6.45, 7) is 6.99. The minimum Gasteiger partial charge on any atom is -0.351 e. The maximum Gasteiger partial charge on any atom is 0.274 e. The van der Waals surface area contributed by atoms with Crippen molar-refractivity contribution in [3.8, 4) is 16.9 Å². The Morgan fingerprint density at radius 1 is 1.11 bits per heavy atom. The second-order valence-electron chi connectivity index (χ2n) is 6.89. The molecule has 2 aromatic heterocycles. The van der Waals surface area contributed by atoms with E-state index < -0.39 is 0 Å². The zero-order valence-corrected chi connectivity index (χ0v) is 16.0. The van der Waals surface area contributed by atoms with Gasteiger partial charge in [-0.3, -0.25) is 9.78 Å². The summed E-state index contributed by atoms with van der Waals surface area (Å²) in [5.41, 5.74) is 3.96. The number of carbonyl (C=O) groups excluding carboxylic acids is 1. The number of nitrogens with zero attached hydrogens (tertiary/aromatic N) is 4. The van der Waals surface area contributed by atoms with Crippen LogP contribution in [-0.2, 0) is 6.42 Å². The molecule has 2 heterocycles. The van der Waals surface area contributed by atoms with Crippen molar-refractivity contribution in [3.63, 3.8) is 0 Å². The molecule has 0 bridgehead atoms. The van der Waals surface area contributed by atoms with E-state index in [1.807, 2.05) is 24.3 Å². The highest BCUT2D eigenvalue weighted by molar-refractivity contribution is 5.98. The van der Waals surface area contributed by atoms with Gasteiger partial charge in [0.1, 0.15) is 5.69 Å². The van der Waals surface area contributed by atoms with E-state index in [0.29, 0.717) is 23.9 Å². The van der Waals surface area contributed by atoms with Crippen LogP contribution in [0.3, 0.4) is 0 Å². The molecule has 1 amide bonds. The lowest BCUT2D eigenvalue weighted by atomic mass is 10.1. The van der Waals surface area contributed by atoms with E-state index in [0.717, 1.165) is 24.1 Å². The number of hydrogen-bond donors (Lipinski definition) is 1. The summed E-state index contributed by atoms with van der Waals surface area (Å²) >= 11 is 0. The molecule has 140 valence electrons. The molecule has 27 heavy (non-hydrogen) atoms. The number of rotatable bonds is 7. The fourth-order valence-corrected chi connectivity index (χ4v) is 2.82. The SMILES string of the molecule is CCc1ccc(-n2nnc(C(=O)NCCC(C)C)c2-c2ccncc2)cc1. The van der Waals surface area contributed by atoms with Gasteiger partial charge < -0.3 is 5.32 Å². The van der Waals surface area contributed by atoms with Crippen molar-refractivity contribution in [1.82, 2.24) is 25.3 Å². The Labute approximate surface area is 159 Å². The number of amides is 1. The van der Waals surface area contributed by atoms with Crippen LogP contribution in [0.25, 0.3) is 16.9 Å². The lowest BCUT2D eigenvalue weighted by molar-refractivity contribution is 0.0947. The molecule has 6 heteroatoms. The second-order valence-corrected chi connectivity index (χ2v) is 6.89. The van der Waals surface area contributed by atoms with Crippen LogP contribution in [0.1, 0.15) is 43.2 Å². The molecule has 0 radical (unpaired) electrons. The lowest BCUT2D eigenvalue weighted by Gasteiger charge is -2.10. The van der Waals surface area contributed by atoms with Gasteiger partial charge in [-0.05, 0) is 48.6 Å². The van der Waals surface area contributed by atoms with Crippen LogP contribution < -0.4 is 5.32 Å². The van der Waals surface area contributed by atoms with Gasteiger partial charge in [-0.25, -0.2) is 4.68 Å². The van der Waals surface area contributed by atoms with E-state index >= 15 is 0 Å². The van der Waals surface area contributed by atoms with Gasteiger partial charge in [0.05, 0.1) is 5.69 Å². The Bertz CT molecular complexity index is 885. The predicted molar refractivity (Wildman–Crippen MR) is 106 cm³/mol. The van der Waals surface area contributed by atoms with Crippen LogP contribution in [0.5, 0.6) is 0 Å². The minimum atomic E-state index is -0.209. The molecule has 0 atom stereocenters. The fourth-order valence-electron chi connectivity index (χ4n) is 2.82. The molecule has 3 rings (SSSR count). The van der Waals surface area contributed by atoms with Gasteiger partial charge in [0.15, 0.2) is 5.69 Å². The molecule has 1 aromatic carbocycles. The summed E-state index contributed by atoms with van der Waals surface area (Å²) in [6, 6.07) is 11.9. The molecular formula is C21H25N5O. The van der Waals surface area contributed by atoms with Crippen molar-refractivity contribution in [2.24, 2.45) is 5.92 Å². The van der Waals surface area contributed by atoms with Crippen LogP contribution in [0.2, 0.25) is 0 Å². The first kappa shape index (κ1) is 18.8. The van der Waals surface area contributed by atoms with Crippen molar-refractivity contribution >= 4 is 5.91 Å². The maximum absolute atomic E-state index is 12.7. The van der Waals surface area contributed by atoms with Crippen LogP contribution in [0, 0.1) is 5.92 Å². The first-order valence-corrected chi connectivity index (χ1v) is 9.33. The zero-order valence-electron chi connectivity index (χ0n) is 16.0. The van der Waals surface area contributed by atoms with E-state index in [1.54, 1.807) is 17.1 Å². The highest BCUT2D eigenvalue weighted by atomic mass is 16.2. The van der Waals surface area contributed by atoms with Gasteiger partial charge in [0.2, 0.25) is 0 Å². The topological polar surface area (TPSA) is 72.7 Å². The van der Waals surface area contributed by atoms with E-state index in [4.69, 9.17) is 0 Å². The van der Waals surface area contributed by atoms with Gasteiger partial charge in [0, 0.05) is 24.5 Å². The third-order valence-corrected chi connectivity index (χ3v) is 4.44. The van der Waals surface area contributed by atoms with E-state index in [1.165, 1.54) is 5.56 Å². The summed E-state index contributed by atoms with van der Waals surface area (Å²) in [6.07, 6.45) is 5.29. The van der Waals surface area contributed by atoms with Gasteiger partial charge in [-0.15, -0.1) is 5.10 Å². The molecule has 0 spiro atoms. The van der Waals surface area contributed by atoms with Crippen molar-refractivity contribution in [2.45, 2.75) is 33.6 Å². The molecule has 3 aromatic rings. The van der Waals surface area contributed by atoms with Gasteiger partial charge in [-0.1, -0.05) is 38.1 Å². The quantitative estimate of drug-likeness (QED) is 0.695. The summed E-state index contributed by atoms with van der Waals surface area (Å²) in [5.74, 6) is 0.316. The third-order valence-electron chi connectivity index (χ3n) is 4.44. The number of pyridine rings is 1. The highest BCUT2D eigenvalue weighted by Gasteiger charge is 2.22. The Kier molecular flexibility index (Phi) is 5.96. The summed E-state index contributed by atoms with van der Waals surface area (Å²) in [4.78, 5) is 16.8. The second kappa shape index (κ2) is 8.58. The van der Waals surface area contributed by atoms with E-state index in [-0.39, 0.29) is 5.91 Å². The molecule has 0 aliphatic rings. The molecular weight excluding hydrogens is 338 g/mol. The fraction of sp³-hybridized carbons (Fsp3) is 0.333. The molecule has 1 N–H and O–H groups in total. The first-order valence-electron chi connectivity index (χ1n) is 9.33. The van der Waals surface area contributed by atoms with Crippen LogP contribution in [-0.4, -0.2) is 32.4 Å². The van der Waals surface area contributed by atoms with Crippen LogP contribution in [0.15, 0.2) is 48.8 Å². The first-order chi connectivity index (χ1) is 13.1. The van der Waals surface area contributed by atoms with Crippen LogP contribution >= 0.6 is 0 Å². The average Bonchev–Trinajstić information content (AvgIpc) is 3.13. The molecule has 6 nitrogen and oxygen atoms in total. The van der Waals surface area contributed by atoms with Crippen LogP contribution in [0.4, 0.5) is 0 Å². The predicted octanol–water partition coefficient (Wildman–Crippen LogP) is 3.67. The summed E-state index contributed by atoms with van der Waals surface area (Å²) in [5, 5.41) is 11.4. The summed E-state index contributed by atoms with van der Waals surface area (Å²) < 4.78 is 1.71. The van der Waals surface area contributed by atoms with E-state index in [9.17, 15) is 4.79 Å². The Balaban J connectivity index is 1.99. The molecule has 0 aliphatic heterocycles. The Morgan fingerprint density at radius 2 is 1.81 bits per heavy atom. The number of hydrogen-bond acceptors (Lipinski definition) is 4. The standard InChI is InChI=1S/C21H25N5O/c1-4-16-5-7-18(8-6-16)26-20(17-10-12-22-13-11-17)19(24-25-26)21(27)23-14-9-15(2)3/h5-8,10-13,15H,4,9,14H2,1-3H3,(H,23,27). The Hall–Kier alpha value is -3.02. The number of aryl methyl sites for hydroxylation is 1. The number of nitrogens with one attached hydrogen (secondary N) is 1. The molecule has 0 unspecified atom stereocenters. The number of carbonyl (C=O) groups is 1. The summed E-state index contributed by atoms with van der Waals surface area (Å²) in [7, 11) is 0. The molecule has 0 aliphatic carbocycles. The largest absolute Gasteiger partial charge is 0.351 e. The van der Waals surface area contributed by atoms with Crippen molar-refractivity contribution in [2.75, 3.05) is 6.54 Å². The van der Waals surface area contributed by atoms with Gasteiger partial charge in [0.25, 0.3) is 5.91 Å². The maximum atomic E-state index is 12.7. The highest BCUT2D eigenvalue weighted by Crippen LogP contribution is 2.25. The van der Waals surface area contributed by atoms with Gasteiger partial charge >= 0.3 is 0 Å². The molecule has 0 saturated heterocycles. The Morgan fingerprint density at radius 3 is 2.44 bits per heavy atom. The minimum absolute atomic E-state index is 0.209. The zero-order chi connectivity index (χ0) is 19.2. The van der Waals surface area contributed by atoms with Gasteiger partial charge in [-0.2, -0.15) is 0 Å². The average molecular weight is 363 g/mol. The third kappa shape index (κ3) is 4.39. The molecule has 0 saturated carbocycles.